The molecule has 108 valence electrons. The molecule has 20 heavy (non-hydrogen) atoms. The van der Waals surface area contributed by atoms with Crippen LogP contribution in [0.4, 0.5) is 5.82 Å². The topological polar surface area (TPSA) is 56.7 Å². The Hall–Kier alpha value is -1.36. The quantitative estimate of drug-likeness (QED) is 0.865. The van der Waals surface area contributed by atoms with Crippen molar-refractivity contribution in [1.82, 2.24) is 14.5 Å². The third-order valence-electron chi connectivity index (χ3n) is 3.27. The average Bonchev–Trinajstić information content (AvgIpc) is 2.74. The van der Waals surface area contributed by atoms with Crippen molar-refractivity contribution in [3.8, 4) is 11.3 Å². The van der Waals surface area contributed by atoms with Crippen LogP contribution in [0.3, 0.4) is 0 Å². The summed E-state index contributed by atoms with van der Waals surface area (Å²) in [5, 5.41) is 0. The molecule has 0 spiro atoms. The maximum atomic E-state index is 6.31. The van der Waals surface area contributed by atoms with Crippen molar-refractivity contribution in [1.29, 1.82) is 0 Å². The van der Waals surface area contributed by atoms with Gasteiger partial charge in [-0.1, -0.05) is 20.3 Å². The lowest BCUT2D eigenvalue weighted by Gasteiger charge is -2.08. The summed E-state index contributed by atoms with van der Waals surface area (Å²) in [6.45, 7) is 5.28. The highest BCUT2D eigenvalue weighted by atomic mass is 79.9. The van der Waals surface area contributed by atoms with Gasteiger partial charge < -0.3 is 10.3 Å². The van der Waals surface area contributed by atoms with E-state index >= 15 is 0 Å². The van der Waals surface area contributed by atoms with E-state index in [1.807, 2.05) is 12.3 Å². The molecule has 2 aromatic rings. The Labute approximate surface area is 128 Å². The van der Waals surface area contributed by atoms with Crippen LogP contribution < -0.4 is 5.73 Å². The maximum absolute atomic E-state index is 6.31. The Bertz CT molecular complexity index is 577. The number of halogens is 1. The highest BCUT2D eigenvalue weighted by Gasteiger charge is 2.15. The highest BCUT2D eigenvalue weighted by molar-refractivity contribution is 9.10. The number of aromatic nitrogens is 3. The molecule has 0 fully saturated rings. The Kier molecular flexibility index (Phi) is 5.17. The summed E-state index contributed by atoms with van der Waals surface area (Å²) in [6.07, 6.45) is 7.86. The number of aryl methyl sites for hydroxylation is 1. The molecule has 0 bridgehead atoms. The molecule has 5 heteroatoms. The number of pyridine rings is 1. The molecule has 0 aliphatic carbocycles. The van der Waals surface area contributed by atoms with Crippen molar-refractivity contribution in [3.63, 3.8) is 0 Å². The molecule has 0 radical (unpaired) electrons. The van der Waals surface area contributed by atoms with Gasteiger partial charge in [0.25, 0.3) is 0 Å². The number of hydrogen-bond donors (Lipinski definition) is 1. The van der Waals surface area contributed by atoms with E-state index in [9.17, 15) is 0 Å². The van der Waals surface area contributed by atoms with Crippen molar-refractivity contribution >= 4 is 21.7 Å². The Morgan fingerprint density at radius 2 is 2.05 bits per heavy atom. The minimum absolute atomic E-state index is 0.752. The first-order valence-electron chi connectivity index (χ1n) is 7.13. The zero-order valence-electron chi connectivity index (χ0n) is 12.1. The van der Waals surface area contributed by atoms with Crippen LogP contribution in [0.2, 0.25) is 0 Å². The van der Waals surface area contributed by atoms with E-state index in [0.29, 0.717) is 0 Å². The van der Waals surface area contributed by atoms with Crippen LogP contribution in [0.15, 0.2) is 22.9 Å². The first-order chi connectivity index (χ1) is 9.67. The van der Waals surface area contributed by atoms with Gasteiger partial charge in [-0.15, -0.1) is 0 Å². The van der Waals surface area contributed by atoms with Gasteiger partial charge in [-0.05, 0) is 34.8 Å². The number of hydrogen-bond acceptors (Lipinski definition) is 3. The maximum Gasteiger partial charge on any atom is 0.131 e. The largest absolute Gasteiger partial charge is 0.383 e. The SMILES string of the molecule is CCCCn1c(CCC)nc(-c2cncc(Br)c2)c1N. The molecule has 2 rings (SSSR count). The molecule has 0 aliphatic rings. The Morgan fingerprint density at radius 1 is 1.25 bits per heavy atom. The van der Waals surface area contributed by atoms with Gasteiger partial charge in [0.05, 0.1) is 0 Å². The van der Waals surface area contributed by atoms with E-state index in [1.165, 1.54) is 0 Å². The number of rotatable bonds is 6. The van der Waals surface area contributed by atoms with Gasteiger partial charge in [0, 0.05) is 35.4 Å². The summed E-state index contributed by atoms with van der Waals surface area (Å²) < 4.78 is 3.10. The fraction of sp³-hybridized carbons (Fsp3) is 0.467. The number of nitrogens with zero attached hydrogens (tertiary/aromatic N) is 3. The summed E-state index contributed by atoms with van der Waals surface area (Å²) in [7, 11) is 0. The molecule has 0 aliphatic heterocycles. The summed E-state index contributed by atoms with van der Waals surface area (Å²) >= 11 is 3.44. The standard InChI is InChI=1S/C15H21BrN4/c1-3-5-7-20-13(6-4-2)19-14(15(20)17)11-8-12(16)10-18-9-11/h8-10H,3-7,17H2,1-2H3. The van der Waals surface area contributed by atoms with Crippen LogP contribution in [0.1, 0.15) is 38.9 Å². The minimum Gasteiger partial charge on any atom is -0.383 e. The highest BCUT2D eigenvalue weighted by Crippen LogP contribution is 2.28. The zero-order chi connectivity index (χ0) is 14.5. The molecule has 0 amide bonds. The zero-order valence-corrected chi connectivity index (χ0v) is 13.7. The number of unbranched alkanes of at least 4 members (excludes halogenated alkanes) is 1. The van der Waals surface area contributed by atoms with Crippen molar-refractivity contribution in [2.24, 2.45) is 0 Å². The van der Waals surface area contributed by atoms with Gasteiger partial charge in [-0.2, -0.15) is 0 Å². The molecule has 0 aromatic carbocycles. The van der Waals surface area contributed by atoms with Crippen LogP contribution in [-0.2, 0) is 13.0 Å². The smallest absolute Gasteiger partial charge is 0.131 e. The summed E-state index contributed by atoms with van der Waals surface area (Å²) in [6, 6.07) is 2.01. The third kappa shape index (κ3) is 3.20. The fourth-order valence-electron chi connectivity index (χ4n) is 2.25. The second-order valence-corrected chi connectivity index (χ2v) is 5.82. The van der Waals surface area contributed by atoms with Crippen LogP contribution in [-0.4, -0.2) is 14.5 Å². The molecular weight excluding hydrogens is 316 g/mol. The number of imidazole rings is 1. The van der Waals surface area contributed by atoms with E-state index < -0.39 is 0 Å². The third-order valence-corrected chi connectivity index (χ3v) is 3.71. The van der Waals surface area contributed by atoms with Gasteiger partial charge in [0.1, 0.15) is 17.3 Å². The van der Waals surface area contributed by atoms with Crippen molar-refractivity contribution in [2.45, 2.75) is 46.1 Å². The second-order valence-electron chi connectivity index (χ2n) is 4.91. The predicted molar refractivity (Wildman–Crippen MR) is 86.5 cm³/mol. The Morgan fingerprint density at radius 3 is 2.70 bits per heavy atom. The van der Waals surface area contributed by atoms with Gasteiger partial charge in [-0.3, -0.25) is 4.98 Å². The molecular formula is C15H21BrN4. The first kappa shape index (κ1) is 15.0. The molecule has 4 nitrogen and oxygen atoms in total. The predicted octanol–water partition coefficient (Wildman–Crippen LogP) is 4.04. The lowest BCUT2D eigenvalue weighted by molar-refractivity contribution is 0.604. The molecule has 2 N–H and O–H groups in total. The molecule has 0 unspecified atom stereocenters. The van der Waals surface area contributed by atoms with Crippen LogP contribution in [0, 0.1) is 0 Å². The summed E-state index contributed by atoms with van der Waals surface area (Å²) in [5.41, 5.74) is 8.12. The fourth-order valence-corrected chi connectivity index (χ4v) is 2.61. The van der Waals surface area contributed by atoms with Crippen molar-refractivity contribution in [2.75, 3.05) is 5.73 Å². The van der Waals surface area contributed by atoms with Gasteiger partial charge in [0.15, 0.2) is 0 Å². The second kappa shape index (κ2) is 6.88. The molecule has 0 atom stereocenters. The van der Waals surface area contributed by atoms with E-state index in [4.69, 9.17) is 10.7 Å². The molecule has 0 saturated carbocycles. The van der Waals surface area contributed by atoms with E-state index in [0.717, 1.165) is 59.6 Å². The first-order valence-corrected chi connectivity index (χ1v) is 7.92. The van der Waals surface area contributed by atoms with E-state index in [1.54, 1.807) is 6.20 Å². The van der Waals surface area contributed by atoms with E-state index in [2.05, 4.69) is 39.3 Å². The number of nitrogens with two attached hydrogens (primary N) is 1. The lowest BCUT2D eigenvalue weighted by Crippen LogP contribution is -2.07. The summed E-state index contributed by atoms with van der Waals surface area (Å²) in [4.78, 5) is 8.94. The molecule has 2 aromatic heterocycles. The average molecular weight is 337 g/mol. The summed E-state index contributed by atoms with van der Waals surface area (Å²) in [5.74, 6) is 1.83. The lowest BCUT2D eigenvalue weighted by atomic mass is 10.2. The monoisotopic (exact) mass is 336 g/mol. The van der Waals surface area contributed by atoms with Crippen molar-refractivity contribution in [3.05, 3.63) is 28.8 Å². The molecule has 0 saturated heterocycles. The Balaban J connectivity index is 2.43. The van der Waals surface area contributed by atoms with Crippen molar-refractivity contribution < 1.29 is 0 Å². The van der Waals surface area contributed by atoms with Gasteiger partial charge >= 0.3 is 0 Å². The van der Waals surface area contributed by atoms with E-state index in [-0.39, 0.29) is 0 Å². The minimum atomic E-state index is 0.752. The normalized spacial score (nSPS) is 10.9. The van der Waals surface area contributed by atoms with Crippen LogP contribution in [0.25, 0.3) is 11.3 Å². The van der Waals surface area contributed by atoms with Gasteiger partial charge in [0.2, 0.25) is 0 Å². The van der Waals surface area contributed by atoms with Gasteiger partial charge in [-0.25, -0.2) is 4.98 Å². The number of nitrogen functional groups attached to an aromatic ring is 1. The van der Waals surface area contributed by atoms with Crippen LogP contribution >= 0.6 is 15.9 Å². The molecule has 2 heterocycles. The number of anilines is 1. The van der Waals surface area contributed by atoms with Crippen LogP contribution in [0.5, 0.6) is 0 Å².